The second-order valence-electron chi connectivity index (χ2n) is 8.57. The quantitative estimate of drug-likeness (QED) is 0.268. The van der Waals surface area contributed by atoms with E-state index in [-0.39, 0.29) is 24.6 Å². The molecule has 0 radical (unpaired) electrons. The van der Waals surface area contributed by atoms with Gasteiger partial charge in [0.15, 0.2) is 5.78 Å². The summed E-state index contributed by atoms with van der Waals surface area (Å²) in [5.74, 6) is 0.805. The van der Waals surface area contributed by atoms with Crippen molar-refractivity contribution in [3.63, 3.8) is 0 Å². The monoisotopic (exact) mass is 504 g/mol. The van der Waals surface area contributed by atoms with Crippen molar-refractivity contribution in [3.05, 3.63) is 101 Å². The van der Waals surface area contributed by atoms with Gasteiger partial charge >= 0.3 is 0 Å². The van der Waals surface area contributed by atoms with Crippen molar-refractivity contribution < 1.29 is 13.9 Å². The van der Waals surface area contributed by atoms with Gasteiger partial charge in [-0.15, -0.1) is 0 Å². The molecule has 1 aromatic heterocycles. The van der Waals surface area contributed by atoms with Crippen LogP contribution in [-0.2, 0) is 17.8 Å². The van der Waals surface area contributed by atoms with Crippen molar-refractivity contribution in [1.29, 1.82) is 0 Å². The van der Waals surface area contributed by atoms with Gasteiger partial charge in [0.2, 0.25) is 0 Å². The lowest BCUT2D eigenvalue weighted by Crippen LogP contribution is -2.11. The van der Waals surface area contributed by atoms with Crippen LogP contribution in [0.4, 0.5) is 15.9 Å². The Labute approximate surface area is 214 Å². The van der Waals surface area contributed by atoms with E-state index in [9.17, 15) is 9.18 Å². The Hall–Kier alpha value is -3.81. The molecule has 0 spiro atoms. The third-order valence-corrected chi connectivity index (χ3v) is 5.63. The molecule has 4 rings (SSSR count). The standard InChI is InChI=1S/C28H26ClFN4O2/c1-34(2)12-4-7-23(35)14-19-8-10-26-24(15-19)28(32-18-31-26)33-22-9-11-27(25(29)16-22)36-17-20-5-3-6-21(30)13-20/h3-11,13,15-16,18H,12,14,17H2,1-2H3,(H,31,32,33)/b7-4+. The van der Waals surface area contributed by atoms with Crippen molar-refractivity contribution in [1.82, 2.24) is 14.9 Å². The minimum absolute atomic E-state index is 0.0307. The Balaban J connectivity index is 1.48. The Morgan fingerprint density at radius 2 is 1.94 bits per heavy atom. The van der Waals surface area contributed by atoms with Crippen LogP contribution in [0.5, 0.6) is 5.75 Å². The average Bonchev–Trinajstić information content (AvgIpc) is 2.84. The third-order valence-electron chi connectivity index (χ3n) is 5.33. The molecule has 0 saturated heterocycles. The number of carbonyl (C=O) groups is 1. The fourth-order valence-corrected chi connectivity index (χ4v) is 3.82. The maximum Gasteiger partial charge on any atom is 0.159 e. The molecule has 0 unspecified atom stereocenters. The third kappa shape index (κ3) is 6.87. The number of allylic oxidation sites excluding steroid dienone is 1. The van der Waals surface area contributed by atoms with E-state index in [4.69, 9.17) is 16.3 Å². The lowest BCUT2D eigenvalue weighted by Gasteiger charge is -2.12. The van der Waals surface area contributed by atoms with Crippen molar-refractivity contribution in [3.8, 4) is 5.75 Å². The van der Waals surface area contributed by atoms with E-state index in [1.165, 1.54) is 18.5 Å². The Morgan fingerprint density at radius 1 is 1.08 bits per heavy atom. The molecule has 0 fully saturated rings. The number of ether oxygens (including phenoxy) is 1. The Kier molecular flexibility index (Phi) is 8.25. The number of hydrogen-bond donors (Lipinski definition) is 1. The molecule has 1 N–H and O–H groups in total. The van der Waals surface area contributed by atoms with Crippen molar-refractivity contribution in [2.24, 2.45) is 0 Å². The highest BCUT2D eigenvalue weighted by atomic mass is 35.5. The zero-order valence-corrected chi connectivity index (χ0v) is 20.8. The van der Waals surface area contributed by atoms with Gasteiger partial charge in [0.05, 0.1) is 10.5 Å². The maximum atomic E-state index is 13.4. The molecule has 0 bridgehead atoms. The molecule has 6 nitrogen and oxygen atoms in total. The van der Waals surface area contributed by atoms with Crippen LogP contribution in [0.3, 0.4) is 0 Å². The highest BCUT2D eigenvalue weighted by Gasteiger charge is 2.10. The first-order valence-corrected chi connectivity index (χ1v) is 11.8. The molecule has 0 atom stereocenters. The number of rotatable bonds is 10. The van der Waals surface area contributed by atoms with Crippen molar-refractivity contribution in [2.45, 2.75) is 13.0 Å². The molecule has 8 heteroatoms. The fourth-order valence-electron chi connectivity index (χ4n) is 3.59. The number of ketones is 1. The van der Waals surface area contributed by atoms with Gasteiger partial charge in [-0.05, 0) is 73.8 Å². The Morgan fingerprint density at radius 3 is 2.72 bits per heavy atom. The van der Waals surface area contributed by atoms with Gasteiger partial charge in [0.25, 0.3) is 0 Å². The molecule has 4 aromatic rings. The van der Waals surface area contributed by atoms with Gasteiger partial charge in [-0.3, -0.25) is 4.79 Å². The first-order valence-electron chi connectivity index (χ1n) is 11.4. The summed E-state index contributed by atoms with van der Waals surface area (Å²) in [5, 5.41) is 4.48. The number of fused-ring (bicyclic) bond motifs is 1. The first kappa shape index (κ1) is 25.3. The summed E-state index contributed by atoms with van der Waals surface area (Å²) >= 11 is 6.44. The molecule has 0 saturated carbocycles. The van der Waals surface area contributed by atoms with Crippen molar-refractivity contribution >= 4 is 39.8 Å². The topological polar surface area (TPSA) is 67.4 Å². The van der Waals surface area contributed by atoms with E-state index < -0.39 is 0 Å². The van der Waals surface area contributed by atoms with Gasteiger partial charge in [0.1, 0.15) is 30.3 Å². The van der Waals surface area contributed by atoms with Gasteiger partial charge in [0, 0.05) is 24.0 Å². The lowest BCUT2D eigenvalue weighted by atomic mass is 10.1. The number of halogens is 2. The molecule has 0 aliphatic rings. The molecule has 1 heterocycles. The largest absolute Gasteiger partial charge is 0.487 e. The van der Waals surface area contributed by atoms with Gasteiger partial charge < -0.3 is 15.0 Å². The van der Waals surface area contributed by atoms with E-state index in [1.54, 1.807) is 30.3 Å². The predicted molar refractivity (Wildman–Crippen MR) is 141 cm³/mol. The van der Waals surface area contributed by atoms with E-state index in [2.05, 4.69) is 15.3 Å². The summed E-state index contributed by atoms with van der Waals surface area (Å²) in [6, 6.07) is 17.2. The van der Waals surface area contributed by atoms with Crippen LogP contribution >= 0.6 is 11.6 Å². The summed E-state index contributed by atoms with van der Waals surface area (Å²) in [4.78, 5) is 23.1. The van der Waals surface area contributed by atoms with E-state index in [1.807, 2.05) is 49.3 Å². The van der Waals surface area contributed by atoms with E-state index >= 15 is 0 Å². The molecule has 0 amide bonds. The van der Waals surface area contributed by atoms with Crippen molar-refractivity contribution in [2.75, 3.05) is 26.0 Å². The normalized spacial score (nSPS) is 11.4. The summed E-state index contributed by atoms with van der Waals surface area (Å²) in [7, 11) is 3.90. The van der Waals surface area contributed by atoms with Crippen LogP contribution in [0.2, 0.25) is 5.02 Å². The Bertz CT molecular complexity index is 1410. The fraction of sp³-hybridized carbons (Fsp3) is 0.179. The zero-order valence-electron chi connectivity index (χ0n) is 20.0. The minimum Gasteiger partial charge on any atom is -0.487 e. The molecule has 36 heavy (non-hydrogen) atoms. The number of likely N-dealkylation sites (N-methyl/N-ethyl adjacent to an activating group) is 1. The molecule has 3 aromatic carbocycles. The van der Waals surface area contributed by atoms with Crippen LogP contribution in [0.25, 0.3) is 10.9 Å². The lowest BCUT2D eigenvalue weighted by molar-refractivity contribution is -0.114. The number of nitrogens with zero attached hydrogens (tertiary/aromatic N) is 3. The number of nitrogens with one attached hydrogen (secondary N) is 1. The van der Waals surface area contributed by atoms with Crippen LogP contribution in [-0.4, -0.2) is 41.3 Å². The van der Waals surface area contributed by atoms with E-state index in [0.717, 1.165) is 16.5 Å². The second kappa shape index (κ2) is 11.7. The SMILES string of the molecule is CN(C)C/C=C/C(=O)Cc1ccc2ncnc(Nc3ccc(OCc4cccc(F)c4)c(Cl)c3)c2c1. The number of anilines is 2. The van der Waals surface area contributed by atoms with Gasteiger partial charge in [-0.25, -0.2) is 14.4 Å². The molecule has 184 valence electrons. The molecule has 0 aliphatic carbocycles. The van der Waals surface area contributed by atoms with Crippen LogP contribution in [0, 0.1) is 5.82 Å². The highest BCUT2D eigenvalue weighted by molar-refractivity contribution is 6.32. The summed E-state index contributed by atoms with van der Waals surface area (Å²) in [5.41, 5.74) is 3.06. The number of benzene rings is 3. The van der Waals surface area contributed by atoms with Crippen LogP contribution in [0.15, 0.2) is 79.1 Å². The second-order valence-corrected chi connectivity index (χ2v) is 8.98. The van der Waals surface area contributed by atoms with Crippen LogP contribution < -0.4 is 10.1 Å². The number of hydrogen-bond acceptors (Lipinski definition) is 6. The average molecular weight is 505 g/mol. The summed E-state index contributed by atoms with van der Waals surface area (Å²) in [6.45, 7) is 0.912. The van der Waals surface area contributed by atoms with Gasteiger partial charge in [-0.1, -0.05) is 35.9 Å². The first-order chi connectivity index (χ1) is 17.4. The smallest absolute Gasteiger partial charge is 0.159 e. The zero-order chi connectivity index (χ0) is 25.5. The van der Waals surface area contributed by atoms with E-state index in [0.29, 0.717) is 34.4 Å². The number of carbonyl (C=O) groups excluding carboxylic acids is 1. The minimum atomic E-state index is -0.313. The van der Waals surface area contributed by atoms with Crippen LogP contribution in [0.1, 0.15) is 11.1 Å². The maximum absolute atomic E-state index is 13.4. The predicted octanol–water partition coefficient (Wildman–Crippen LogP) is 5.97. The van der Waals surface area contributed by atoms with Gasteiger partial charge in [-0.2, -0.15) is 0 Å². The summed E-state index contributed by atoms with van der Waals surface area (Å²) < 4.78 is 19.1. The molecular formula is C28H26ClFN4O2. The summed E-state index contributed by atoms with van der Waals surface area (Å²) in [6.07, 6.45) is 5.24. The molecular weight excluding hydrogens is 479 g/mol. The highest BCUT2D eigenvalue weighted by Crippen LogP contribution is 2.31. The molecule has 0 aliphatic heterocycles. The number of aromatic nitrogens is 2.